The number of nitro groups is 3. The predicted octanol–water partition coefficient (Wildman–Crippen LogP) is -1.81. The third-order valence-corrected chi connectivity index (χ3v) is 8.43. The van der Waals surface area contributed by atoms with Gasteiger partial charge >= 0.3 is 88.3 Å². The van der Waals surface area contributed by atoms with E-state index in [9.17, 15) is 30.3 Å². The van der Waals surface area contributed by atoms with Crippen LogP contribution in [0.5, 0.6) is 0 Å². The van der Waals surface area contributed by atoms with E-state index in [1.54, 1.807) is 13.1 Å². The quantitative estimate of drug-likeness (QED) is 0.377. The van der Waals surface area contributed by atoms with E-state index in [4.69, 9.17) is 0 Å². The molecule has 0 aromatic heterocycles. The van der Waals surface area contributed by atoms with Crippen LogP contribution in [0.3, 0.4) is 0 Å². The number of nitrogens with one attached hydrogen (secondary N) is 3. The second-order valence-electron chi connectivity index (χ2n) is 2.21. The summed E-state index contributed by atoms with van der Waals surface area (Å²) in [6.07, 6.45) is 0. The van der Waals surface area contributed by atoms with E-state index in [0.29, 0.717) is 0 Å². The van der Waals surface area contributed by atoms with E-state index < -0.39 is 23.7 Å². The van der Waals surface area contributed by atoms with Gasteiger partial charge in [-0.05, 0) is 0 Å². The van der Waals surface area contributed by atoms with Crippen molar-refractivity contribution in [2.24, 2.45) is 0 Å². The molecule has 0 spiro atoms. The zero-order valence-electron chi connectivity index (χ0n) is 8.62. The Morgan fingerprint density at radius 2 is 0.938 bits per heavy atom. The third-order valence-electron chi connectivity index (χ3n) is 2.05. The van der Waals surface area contributed by atoms with Crippen molar-refractivity contribution in [3.05, 3.63) is 30.3 Å². The molecule has 0 aliphatic heterocycles. The van der Waals surface area contributed by atoms with Gasteiger partial charge < -0.3 is 0 Å². The summed E-state index contributed by atoms with van der Waals surface area (Å²) in [6.45, 7) is 0. The standard InChI is InChI=1S/3CH4N.Co.3NO2/c3*1-2;;3*2-1-3/h3*2H,1H3;;;;/q3*-1;+3;;;. The second-order valence-corrected chi connectivity index (χ2v) is 8.41. The van der Waals surface area contributed by atoms with Gasteiger partial charge in [-0.1, -0.05) is 0 Å². The minimum absolute atomic E-state index is 0.775. The van der Waals surface area contributed by atoms with Gasteiger partial charge in [-0.3, -0.25) is 0 Å². The maximum absolute atomic E-state index is 11.0. The Balaban J connectivity index is 6.79. The Bertz CT molecular complexity index is 317. The fraction of sp³-hybridized carbons (Fsp3) is 1.00. The van der Waals surface area contributed by atoms with Crippen molar-refractivity contribution >= 4 is 0 Å². The van der Waals surface area contributed by atoms with Crippen LogP contribution in [-0.2, 0) is 11.8 Å². The first kappa shape index (κ1) is 14.6. The van der Waals surface area contributed by atoms with Crippen molar-refractivity contribution in [2.75, 3.05) is 21.1 Å². The first-order chi connectivity index (χ1) is 7.16. The Morgan fingerprint density at radius 1 is 0.750 bits per heavy atom. The van der Waals surface area contributed by atoms with Gasteiger partial charge in [0.25, 0.3) is 0 Å². The van der Waals surface area contributed by atoms with Crippen LogP contribution in [0.15, 0.2) is 0 Å². The topological polar surface area (TPSA) is 166 Å². The summed E-state index contributed by atoms with van der Waals surface area (Å²) in [5.41, 5.74) is 0. The zero-order valence-corrected chi connectivity index (χ0v) is 9.67. The molecule has 0 atom stereocenters. The van der Waals surface area contributed by atoms with Crippen molar-refractivity contribution in [1.82, 2.24) is 13.1 Å². The van der Waals surface area contributed by atoms with Crippen LogP contribution in [0, 0.1) is 30.3 Å². The van der Waals surface area contributed by atoms with Crippen LogP contribution in [0.1, 0.15) is 0 Å². The number of hydrogen-bond acceptors (Lipinski definition) is 9. The molecule has 0 amide bonds. The molecule has 0 unspecified atom stereocenters. The summed E-state index contributed by atoms with van der Waals surface area (Å²) < 4.78 is 0.312. The molecule has 0 fully saturated rings. The molecule has 3 N–H and O–H groups in total. The summed E-state index contributed by atoms with van der Waals surface area (Å²) in [5.74, 6) is 0. The summed E-state index contributed by atoms with van der Waals surface area (Å²) >= 11 is -6.81. The van der Waals surface area contributed by atoms with Crippen molar-refractivity contribution in [3.63, 3.8) is 0 Å². The SMILES string of the molecule is C[NH][Co]([NH]C)([NH]C)([N+](=O)[O-])([N+](=O)[O-])[N+](=O)[O-]. The zero-order chi connectivity index (χ0) is 13.3. The summed E-state index contributed by atoms with van der Waals surface area (Å²) in [5, 5.41) is 33.1. The second kappa shape index (κ2) is 3.29. The molecule has 0 saturated carbocycles. The summed E-state index contributed by atoms with van der Waals surface area (Å²) in [4.78, 5) is 33.1. The van der Waals surface area contributed by atoms with E-state index >= 15 is 0 Å². The first-order valence-electron chi connectivity index (χ1n) is 3.54. The molecule has 0 aliphatic carbocycles. The van der Waals surface area contributed by atoms with Gasteiger partial charge in [-0.15, -0.1) is 0 Å². The summed E-state index contributed by atoms with van der Waals surface area (Å²) in [6, 6.07) is 0. The Labute approximate surface area is 89.0 Å². The van der Waals surface area contributed by atoms with Gasteiger partial charge in [0.05, 0.1) is 0 Å². The van der Waals surface area contributed by atoms with Crippen LogP contribution in [0.25, 0.3) is 0 Å². The van der Waals surface area contributed by atoms with Crippen molar-refractivity contribution in [1.29, 1.82) is 0 Å². The normalized spacial score (nSPS) is 15.9. The van der Waals surface area contributed by atoms with Crippen LogP contribution >= 0.6 is 0 Å². The molecule has 0 saturated heterocycles. The Hall–Kier alpha value is -1.41. The molecule has 0 aromatic carbocycles. The predicted molar refractivity (Wildman–Crippen MR) is 48.2 cm³/mol. The van der Waals surface area contributed by atoms with Gasteiger partial charge in [-0.2, -0.15) is 0 Å². The average Bonchev–Trinajstić information content (AvgIpc) is 2.22. The van der Waals surface area contributed by atoms with Crippen molar-refractivity contribution in [3.8, 4) is 0 Å². The van der Waals surface area contributed by atoms with Crippen LogP contribution in [0.4, 0.5) is 0 Å². The van der Waals surface area contributed by atoms with Gasteiger partial charge in [-0.25, -0.2) is 0 Å². The van der Waals surface area contributed by atoms with Crippen molar-refractivity contribution < 1.29 is 23.7 Å². The fourth-order valence-electron chi connectivity index (χ4n) is 0.931. The molecule has 0 aromatic rings. The molecule has 16 heavy (non-hydrogen) atoms. The van der Waals surface area contributed by atoms with E-state index in [0.717, 1.165) is 21.1 Å². The molecule has 0 radical (unpaired) electrons. The Kier molecular flexibility index (Phi) is 3.00. The molecule has 0 aliphatic rings. The molecular formula is C3H12CoN6O6. The van der Waals surface area contributed by atoms with Gasteiger partial charge in [0.2, 0.25) is 0 Å². The molecule has 0 rings (SSSR count). The van der Waals surface area contributed by atoms with E-state index in [1.165, 1.54) is 0 Å². The summed E-state index contributed by atoms with van der Waals surface area (Å²) in [7, 11) is 2.32. The molecule has 13 heteroatoms. The van der Waals surface area contributed by atoms with E-state index in [2.05, 4.69) is 0 Å². The molecule has 0 bridgehead atoms. The average molecular weight is 287 g/mol. The van der Waals surface area contributed by atoms with Crippen molar-refractivity contribution in [2.45, 2.75) is 0 Å². The van der Waals surface area contributed by atoms with Crippen LogP contribution < -0.4 is 13.1 Å². The third kappa shape index (κ3) is 0.889. The van der Waals surface area contributed by atoms with E-state index in [1.807, 2.05) is 0 Å². The first-order valence-corrected chi connectivity index (χ1v) is 6.50. The molecule has 99 valence electrons. The van der Waals surface area contributed by atoms with Crippen LogP contribution in [-0.4, -0.2) is 33.1 Å². The Morgan fingerprint density at radius 3 is 0.938 bits per heavy atom. The molecular weight excluding hydrogens is 275 g/mol. The minimum atomic E-state index is -6.81. The maximum atomic E-state index is 11.0. The van der Waals surface area contributed by atoms with Gasteiger partial charge in [0.1, 0.15) is 0 Å². The van der Waals surface area contributed by atoms with Crippen LogP contribution in [0.2, 0.25) is 0 Å². The number of hydrogen-bond donors (Lipinski definition) is 3. The number of rotatable bonds is 6. The van der Waals surface area contributed by atoms with E-state index in [-0.39, 0.29) is 0 Å². The van der Waals surface area contributed by atoms with Gasteiger partial charge in [0.15, 0.2) is 0 Å². The molecule has 12 nitrogen and oxygen atoms in total. The number of nitrogens with zero attached hydrogens (tertiary/aromatic N) is 3. The van der Waals surface area contributed by atoms with Gasteiger partial charge in [0, 0.05) is 0 Å². The molecule has 0 heterocycles. The fourth-order valence-corrected chi connectivity index (χ4v) is 3.84. The monoisotopic (exact) mass is 287 g/mol.